The van der Waals surface area contributed by atoms with E-state index >= 15 is 0 Å². The molecule has 0 aliphatic rings. The van der Waals surface area contributed by atoms with Gasteiger partial charge in [0.15, 0.2) is 0 Å². The summed E-state index contributed by atoms with van der Waals surface area (Å²) in [4.78, 5) is 11.8. The molecule has 0 aliphatic heterocycles. The van der Waals surface area contributed by atoms with Gasteiger partial charge in [-0.15, -0.1) is 0 Å². The van der Waals surface area contributed by atoms with Crippen molar-refractivity contribution in [2.75, 3.05) is 11.9 Å². The number of nitrogens with zero attached hydrogens (tertiary/aromatic N) is 1. The number of fused-ring (bicyclic) bond motifs is 1. The number of hydrazone groups is 1. The molecule has 0 saturated carbocycles. The second kappa shape index (κ2) is 7.42. The molecule has 3 aromatic carbocycles. The van der Waals surface area contributed by atoms with Crippen molar-refractivity contribution in [2.45, 2.75) is 6.92 Å². The maximum absolute atomic E-state index is 11.8. The summed E-state index contributed by atoms with van der Waals surface area (Å²) >= 11 is 0. The third-order valence-electron chi connectivity index (χ3n) is 3.68. The van der Waals surface area contributed by atoms with Gasteiger partial charge in [0.05, 0.1) is 12.8 Å². The number of hydrogen-bond donors (Lipinski definition) is 2. The van der Waals surface area contributed by atoms with Crippen LogP contribution in [0.15, 0.2) is 71.8 Å². The van der Waals surface area contributed by atoms with Crippen LogP contribution in [0.2, 0.25) is 0 Å². The van der Waals surface area contributed by atoms with Crippen LogP contribution >= 0.6 is 0 Å². The molecule has 0 spiro atoms. The van der Waals surface area contributed by atoms with Gasteiger partial charge in [-0.3, -0.25) is 4.79 Å². The van der Waals surface area contributed by atoms with Gasteiger partial charge in [0.2, 0.25) is 0 Å². The van der Waals surface area contributed by atoms with E-state index in [0.717, 1.165) is 16.6 Å². The zero-order valence-corrected chi connectivity index (χ0v) is 13.5. The number of aryl methyl sites for hydroxylation is 1. The normalized spacial score (nSPS) is 10.9. The highest BCUT2D eigenvalue weighted by atomic mass is 16.2. The van der Waals surface area contributed by atoms with Crippen molar-refractivity contribution in [1.82, 2.24) is 5.43 Å². The summed E-state index contributed by atoms with van der Waals surface area (Å²) in [6.45, 7) is 2.20. The lowest BCUT2D eigenvalue weighted by atomic mass is 10.1. The second-order valence-electron chi connectivity index (χ2n) is 5.62. The van der Waals surface area contributed by atoms with Crippen LogP contribution in [-0.2, 0) is 4.79 Å². The fraction of sp³-hybridized carbons (Fsp3) is 0.100. The third-order valence-corrected chi connectivity index (χ3v) is 3.68. The summed E-state index contributed by atoms with van der Waals surface area (Å²) in [5.41, 5.74) is 5.57. The Morgan fingerprint density at radius 2 is 1.75 bits per heavy atom. The molecule has 120 valence electrons. The molecule has 24 heavy (non-hydrogen) atoms. The Morgan fingerprint density at radius 1 is 1.00 bits per heavy atom. The van der Waals surface area contributed by atoms with Crippen LogP contribution in [0, 0.1) is 6.92 Å². The smallest absolute Gasteiger partial charge is 0.259 e. The lowest BCUT2D eigenvalue weighted by Crippen LogP contribution is -2.25. The van der Waals surface area contributed by atoms with E-state index in [-0.39, 0.29) is 12.5 Å². The number of carbonyl (C=O) groups excluding carboxylic acids is 1. The Hall–Kier alpha value is -3.14. The van der Waals surface area contributed by atoms with Crippen molar-refractivity contribution in [3.63, 3.8) is 0 Å². The molecule has 0 saturated heterocycles. The quantitative estimate of drug-likeness (QED) is 0.557. The highest BCUT2D eigenvalue weighted by molar-refractivity contribution is 5.91. The molecule has 4 heteroatoms. The van der Waals surface area contributed by atoms with Gasteiger partial charge in [0, 0.05) is 5.69 Å². The number of nitrogens with one attached hydrogen (secondary N) is 2. The average molecular weight is 317 g/mol. The van der Waals surface area contributed by atoms with E-state index in [9.17, 15) is 4.79 Å². The molecular formula is C20H19N3O. The van der Waals surface area contributed by atoms with Crippen molar-refractivity contribution in [2.24, 2.45) is 5.10 Å². The fourth-order valence-electron chi connectivity index (χ4n) is 2.36. The number of benzene rings is 3. The first-order chi connectivity index (χ1) is 11.7. The maximum atomic E-state index is 11.8. The molecule has 0 aliphatic carbocycles. The van der Waals surface area contributed by atoms with Crippen molar-refractivity contribution in [3.05, 3.63) is 77.9 Å². The van der Waals surface area contributed by atoms with Crippen molar-refractivity contribution in [1.29, 1.82) is 0 Å². The largest absolute Gasteiger partial charge is 0.376 e. The summed E-state index contributed by atoms with van der Waals surface area (Å²) in [5, 5.41) is 9.40. The van der Waals surface area contributed by atoms with Crippen LogP contribution in [0.25, 0.3) is 10.8 Å². The second-order valence-corrected chi connectivity index (χ2v) is 5.62. The Labute approximate surface area is 141 Å². The highest BCUT2D eigenvalue weighted by Crippen LogP contribution is 2.14. The first kappa shape index (κ1) is 15.7. The predicted octanol–water partition coefficient (Wildman–Crippen LogP) is 3.71. The van der Waals surface area contributed by atoms with E-state index in [1.54, 1.807) is 6.21 Å². The first-order valence-corrected chi connectivity index (χ1v) is 7.82. The zero-order valence-electron chi connectivity index (χ0n) is 13.5. The minimum Gasteiger partial charge on any atom is -0.376 e. The van der Waals surface area contributed by atoms with E-state index in [1.165, 1.54) is 10.9 Å². The van der Waals surface area contributed by atoms with E-state index in [2.05, 4.69) is 28.0 Å². The van der Waals surface area contributed by atoms with Crippen molar-refractivity contribution in [3.8, 4) is 0 Å². The van der Waals surface area contributed by atoms with Gasteiger partial charge in [0.1, 0.15) is 0 Å². The average Bonchev–Trinajstić information content (AvgIpc) is 2.61. The van der Waals surface area contributed by atoms with Crippen molar-refractivity contribution < 1.29 is 4.79 Å². The van der Waals surface area contributed by atoms with E-state index in [0.29, 0.717) is 0 Å². The zero-order chi connectivity index (χ0) is 16.8. The Balaban J connectivity index is 1.52. The number of carbonyl (C=O) groups is 1. The minimum atomic E-state index is -0.187. The van der Waals surface area contributed by atoms with Crippen LogP contribution in [0.1, 0.15) is 11.1 Å². The third kappa shape index (κ3) is 4.20. The van der Waals surface area contributed by atoms with Gasteiger partial charge in [0.25, 0.3) is 5.91 Å². The molecule has 3 rings (SSSR count). The lowest BCUT2D eigenvalue weighted by Gasteiger charge is -2.05. The number of amides is 1. The predicted molar refractivity (Wildman–Crippen MR) is 99.4 cm³/mol. The van der Waals surface area contributed by atoms with Gasteiger partial charge >= 0.3 is 0 Å². The molecule has 0 heterocycles. The van der Waals surface area contributed by atoms with E-state index in [1.807, 2.05) is 61.5 Å². The Kier molecular flexibility index (Phi) is 4.87. The molecule has 4 nitrogen and oxygen atoms in total. The molecule has 1 amide bonds. The van der Waals surface area contributed by atoms with Gasteiger partial charge < -0.3 is 5.32 Å². The van der Waals surface area contributed by atoms with Gasteiger partial charge in [-0.25, -0.2) is 5.43 Å². The number of rotatable bonds is 5. The summed E-state index contributed by atoms with van der Waals surface area (Å²) in [6, 6.07) is 22.1. The SMILES string of the molecule is Cc1ccc(NCC(=O)N/N=C\c2ccc3ccccc3c2)cc1. The lowest BCUT2D eigenvalue weighted by molar-refractivity contribution is -0.119. The number of hydrogen-bond acceptors (Lipinski definition) is 3. The number of anilines is 1. The monoisotopic (exact) mass is 317 g/mol. The summed E-state index contributed by atoms with van der Waals surface area (Å²) in [6.07, 6.45) is 1.65. The summed E-state index contributed by atoms with van der Waals surface area (Å²) in [5.74, 6) is -0.187. The summed E-state index contributed by atoms with van der Waals surface area (Å²) < 4.78 is 0. The molecule has 0 radical (unpaired) electrons. The fourth-order valence-corrected chi connectivity index (χ4v) is 2.36. The molecule has 0 atom stereocenters. The minimum absolute atomic E-state index is 0.179. The standard InChI is InChI=1S/C20H19N3O/c1-15-6-10-19(11-7-15)21-14-20(24)23-22-13-16-8-9-17-4-2-3-5-18(17)12-16/h2-13,21H,14H2,1H3,(H,23,24)/b22-13-. The van der Waals surface area contributed by atoms with Gasteiger partial charge in [-0.2, -0.15) is 5.10 Å². The van der Waals surface area contributed by atoms with Crippen molar-refractivity contribution >= 4 is 28.6 Å². The molecular weight excluding hydrogens is 298 g/mol. The van der Waals surface area contributed by atoms with Gasteiger partial charge in [-0.05, 0) is 41.5 Å². The van der Waals surface area contributed by atoms with Crippen LogP contribution in [0.5, 0.6) is 0 Å². The summed E-state index contributed by atoms with van der Waals surface area (Å²) in [7, 11) is 0. The molecule has 0 bridgehead atoms. The molecule has 0 aromatic heterocycles. The molecule has 0 fully saturated rings. The Morgan fingerprint density at radius 3 is 2.54 bits per heavy atom. The maximum Gasteiger partial charge on any atom is 0.259 e. The molecule has 3 aromatic rings. The van der Waals surface area contributed by atoms with E-state index < -0.39 is 0 Å². The van der Waals surface area contributed by atoms with E-state index in [4.69, 9.17) is 0 Å². The Bertz CT molecular complexity index is 869. The topological polar surface area (TPSA) is 53.5 Å². The van der Waals surface area contributed by atoms with Crippen LogP contribution in [0.3, 0.4) is 0 Å². The first-order valence-electron chi connectivity index (χ1n) is 7.82. The van der Waals surface area contributed by atoms with Crippen LogP contribution in [-0.4, -0.2) is 18.7 Å². The molecule has 0 unspecified atom stereocenters. The highest BCUT2D eigenvalue weighted by Gasteiger charge is 1.99. The molecule has 2 N–H and O–H groups in total. The van der Waals surface area contributed by atoms with Crippen LogP contribution < -0.4 is 10.7 Å². The van der Waals surface area contributed by atoms with Gasteiger partial charge in [-0.1, -0.05) is 54.1 Å². The van der Waals surface area contributed by atoms with Crippen LogP contribution in [0.4, 0.5) is 5.69 Å².